The normalized spacial score (nSPS) is 20.2. The molecule has 0 radical (unpaired) electrons. The van der Waals surface area contributed by atoms with Crippen LogP contribution < -0.4 is 10.1 Å². The summed E-state index contributed by atoms with van der Waals surface area (Å²) in [5.41, 5.74) is 0.867. The van der Waals surface area contributed by atoms with E-state index in [-0.39, 0.29) is 0 Å². The maximum atomic E-state index is 5.63. The molecule has 1 aromatic heterocycles. The first-order valence-electron chi connectivity index (χ1n) is 6.47. The maximum absolute atomic E-state index is 5.63. The van der Waals surface area contributed by atoms with Gasteiger partial charge in [0.15, 0.2) is 0 Å². The van der Waals surface area contributed by atoms with Crippen molar-refractivity contribution in [2.75, 3.05) is 19.7 Å². The van der Waals surface area contributed by atoms with Gasteiger partial charge >= 0.3 is 0 Å². The van der Waals surface area contributed by atoms with Crippen LogP contribution in [0.15, 0.2) is 12.4 Å². The third-order valence-electron chi connectivity index (χ3n) is 3.23. The Morgan fingerprint density at radius 2 is 2.29 bits per heavy atom. The Labute approximate surface area is 103 Å². The van der Waals surface area contributed by atoms with E-state index in [2.05, 4.69) is 15.3 Å². The number of nitrogens with zero attached hydrogens (tertiary/aromatic N) is 2. The summed E-state index contributed by atoms with van der Waals surface area (Å²) >= 11 is 0. The van der Waals surface area contributed by atoms with Crippen LogP contribution in [0.4, 0.5) is 0 Å². The fraction of sp³-hybridized carbons (Fsp3) is 0.692. The Kier molecular flexibility index (Phi) is 4.74. The standard InChI is InChI=1S/C13H21N3O/c1-11-13(16-8-7-15-11)17-9-3-5-12-4-2-6-14-10-12/h7-8,12,14H,2-6,9-10H2,1H3. The highest BCUT2D eigenvalue weighted by atomic mass is 16.5. The van der Waals surface area contributed by atoms with E-state index < -0.39 is 0 Å². The summed E-state index contributed by atoms with van der Waals surface area (Å²) in [5, 5.41) is 3.44. The van der Waals surface area contributed by atoms with Crippen molar-refractivity contribution in [2.24, 2.45) is 5.92 Å². The Morgan fingerprint density at radius 3 is 3.06 bits per heavy atom. The fourth-order valence-electron chi connectivity index (χ4n) is 2.25. The van der Waals surface area contributed by atoms with Crippen molar-refractivity contribution in [3.05, 3.63) is 18.1 Å². The Morgan fingerprint density at radius 1 is 1.41 bits per heavy atom. The molecule has 4 heteroatoms. The SMILES string of the molecule is Cc1nccnc1OCCCC1CCCNC1. The van der Waals surface area contributed by atoms with E-state index in [0.29, 0.717) is 5.88 Å². The molecule has 0 saturated carbocycles. The van der Waals surface area contributed by atoms with Crippen LogP contribution in [0.2, 0.25) is 0 Å². The largest absolute Gasteiger partial charge is 0.476 e. The minimum absolute atomic E-state index is 0.675. The van der Waals surface area contributed by atoms with E-state index in [0.717, 1.165) is 24.6 Å². The molecule has 0 aromatic carbocycles. The smallest absolute Gasteiger partial charge is 0.235 e. The molecule has 1 atom stereocenters. The monoisotopic (exact) mass is 235 g/mol. The third-order valence-corrected chi connectivity index (χ3v) is 3.23. The average Bonchev–Trinajstić information content (AvgIpc) is 2.38. The van der Waals surface area contributed by atoms with Gasteiger partial charge in [-0.3, -0.25) is 4.98 Å². The first kappa shape index (κ1) is 12.3. The zero-order valence-corrected chi connectivity index (χ0v) is 10.5. The lowest BCUT2D eigenvalue weighted by atomic mass is 9.95. The molecule has 1 N–H and O–H groups in total. The van der Waals surface area contributed by atoms with E-state index in [9.17, 15) is 0 Å². The average molecular weight is 235 g/mol. The molecule has 1 aromatic rings. The van der Waals surface area contributed by atoms with Gasteiger partial charge < -0.3 is 10.1 Å². The van der Waals surface area contributed by atoms with Crippen LogP contribution >= 0.6 is 0 Å². The zero-order valence-electron chi connectivity index (χ0n) is 10.5. The first-order chi connectivity index (χ1) is 8.36. The molecule has 17 heavy (non-hydrogen) atoms. The van der Waals surface area contributed by atoms with E-state index in [4.69, 9.17) is 4.74 Å². The van der Waals surface area contributed by atoms with Crippen LogP contribution in [0.1, 0.15) is 31.4 Å². The molecule has 0 spiro atoms. The Balaban J connectivity index is 1.64. The highest BCUT2D eigenvalue weighted by Gasteiger charge is 2.12. The molecule has 2 rings (SSSR count). The molecule has 1 unspecified atom stereocenters. The van der Waals surface area contributed by atoms with E-state index in [1.165, 1.54) is 32.4 Å². The minimum atomic E-state index is 0.675. The van der Waals surface area contributed by atoms with Gasteiger partial charge in [0.05, 0.1) is 12.3 Å². The number of hydrogen-bond acceptors (Lipinski definition) is 4. The van der Waals surface area contributed by atoms with Crippen LogP contribution in [0.5, 0.6) is 5.88 Å². The lowest BCUT2D eigenvalue weighted by Gasteiger charge is -2.22. The van der Waals surface area contributed by atoms with Gasteiger partial charge in [0.1, 0.15) is 0 Å². The van der Waals surface area contributed by atoms with Crippen LogP contribution in [-0.2, 0) is 0 Å². The second-order valence-corrected chi connectivity index (χ2v) is 4.65. The van der Waals surface area contributed by atoms with E-state index in [1.54, 1.807) is 12.4 Å². The van der Waals surface area contributed by atoms with Crippen molar-refractivity contribution in [3.8, 4) is 5.88 Å². The predicted octanol–water partition coefficient (Wildman–Crippen LogP) is 1.94. The Hall–Kier alpha value is -1.16. The van der Waals surface area contributed by atoms with Crippen molar-refractivity contribution < 1.29 is 4.74 Å². The van der Waals surface area contributed by atoms with Crippen LogP contribution in [0, 0.1) is 12.8 Å². The summed E-state index contributed by atoms with van der Waals surface area (Å²) in [6.45, 7) is 5.03. The van der Waals surface area contributed by atoms with E-state index in [1.807, 2.05) is 6.92 Å². The highest BCUT2D eigenvalue weighted by molar-refractivity contribution is 5.14. The summed E-state index contributed by atoms with van der Waals surface area (Å²) in [7, 11) is 0. The van der Waals surface area contributed by atoms with Gasteiger partial charge in [0.2, 0.25) is 5.88 Å². The third kappa shape index (κ3) is 3.97. The molecule has 0 amide bonds. The summed E-state index contributed by atoms with van der Waals surface area (Å²) in [5.74, 6) is 1.50. The number of nitrogens with one attached hydrogen (secondary N) is 1. The summed E-state index contributed by atoms with van der Waals surface area (Å²) in [6.07, 6.45) is 8.38. The molecule has 1 fully saturated rings. The van der Waals surface area contributed by atoms with Crippen LogP contribution in [0.25, 0.3) is 0 Å². The van der Waals surface area contributed by atoms with Gasteiger partial charge in [-0.05, 0) is 51.6 Å². The van der Waals surface area contributed by atoms with Crippen LogP contribution in [0.3, 0.4) is 0 Å². The zero-order chi connectivity index (χ0) is 11.9. The minimum Gasteiger partial charge on any atom is -0.476 e. The topological polar surface area (TPSA) is 47.0 Å². The maximum Gasteiger partial charge on any atom is 0.235 e. The summed E-state index contributed by atoms with van der Waals surface area (Å²) in [4.78, 5) is 8.32. The van der Waals surface area contributed by atoms with E-state index >= 15 is 0 Å². The molecule has 1 aliphatic heterocycles. The molecule has 2 heterocycles. The molecule has 1 aliphatic rings. The number of hydrogen-bond donors (Lipinski definition) is 1. The number of rotatable bonds is 5. The molecule has 0 aliphatic carbocycles. The second kappa shape index (κ2) is 6.55. The molecule has 1 saturated heterocycles. The number of piperidine rings is 1. The first-order valence-corrected chi connectivity index (χ1v) is 6.47. The van der Waals surface area contributed by atoms with Crippen molar-refractivity contribution in [3.63, 3.8) is 0 Å². The van der Waals surface area contributed by atoms with Crippen molar-refractivity contribution in [1.82, 2.24) is 15.3 Å². The van der Waals surface area contributed by atoms with Crippen LogP contribution in [-0.4, -0.2) is 29.7 Å². The fourth-order valence-corrected chi connectivity index (χ4v) is 2.25. The van der Waals surface area contributed by atoms with Gasteiger partial charge in [0, 0.05) is 12.4 Å². The number of aryl methyl sites for hydroxylation is 1. The number of aromatic nitrogens is 2. The van der Waals surface area contributed by atoms with Gasteiger partial charge in [-0.15, -0.1) is 0 Å². The second-order valence-electron chi connectivity index (χ2n) is 4.65. The van der Waals surface area contributed by atoms with Gasteiger partial charge in [-0.2, -0.15) is 0 Å². The lowest BCUT2D eigenvalue weighted by molar-refractivity contribution is 0.265. The van der Waals surface area contributed by atoms with Crippen molar-refractivity contribution >= 4 is 0 Å². The molecular weight excluding hydrogens is 214 g/mol. The predicted molar refractivity (Wildman–Crippen MR) is 67.1 cm³/mol. The molecule has 94 valence electrons. The summed E-state index contributed by atoms with van der Waals surface area (Å²) < 4.78 is 5.63. The van der Waals surface area contributed by atoms with Gasteiger partial charge in [-0.25, -0.2) is 4.98 Å². The lowest BCUT2D eigenvalue weighted by Crippen LogP contribution is -2.29. The highest BCUT2D eigenvalue weighted by Crippen LogP contribution is 2.16. The van der Waals surface area contributed by atoms with Gasteiger partial charge in [0.25, 0.3) is 0 Å². The van der Waals surface area contributed by atoms with Gasteiger partial charge in [-0.1, -0.05) is 0 Å². The van der Waals surface area contributed by atoms with Crippen molar-refractivity contribution in [1.29, 1.82) is 0 Å². The summed E-state index contributed by atoms with van der Waals surface area (Å²) in [6, 6.07) is 0. The molecule has 0 bridgehead atoms. The number of ether oxygens (including phenoxy) is 1. The quantitative estimate of drug-likeness (QED) is 0.792. The van der Waals surface area contributed by atoms with Crippen molar-refractivity contribution in [2.45, 2.75) is 32.6 Å². The molecule has 4 nitrogen and oxygen atoms in total. The molecular formula is C13H21N3O. The Bertz CT molecular complexity index is 337.